The molecule has 0 spiro atoms. The highest BCUT2D eigenvalue weighted by molar-refractivity contribution is 5.76. The number of hydrogen-bond acceptors (Lipinski definition) is 4. The number of nitrogens with zero attached hydrogens (tertiary/aromatic N) is 2. The zero-order valence-electron chi connectivity index (χ0n) is 25.7. The van der Waals surface area contributed by atoms with Crippen LogP contribution in [0.1, 0.15) is 89.2 Å². The quantitative estimate of drug-likeness (QED) is 0.280. The zero-order valence-corrected chi connectivity index (χ0v) is 25.7. The highest BCUT2D eigenvalue weighted by Gasteiger charge is 2.58. The van der Waals surface area contributed by atoms with Gasteiger partial charge in [-0.25, -0.2) is 0 Å². The SMILES string of the molecule is COc1cccc(C23CCN(CC4CC4)CC2(O)CCC(N(CC(C)C)C(=O)CCCCCc2ccccc2)C3)c1. The largest absolute Gasteiger partial charge is 0.497 e. The number of benzene rings is 2. The summed E-state index contributed by atoms with van der Waals surface area (Å²) < 4.78 is 5.64. The van der Waals surface area contributed by atoms with E-state index in [9.17, 15) is 9.90 Å². The third kappa shape index (κ3) is 7.17. The normalized spacial score (nSPS) is 26.5. The summed E-state index contributed by atoms with van der Waals surface area (Å²) in [4.78, 5) is 18.5. The Morgan fingerprint density at radius 2 is 1.85 bits per heavy atom. The Balaban J connectivity index is 1.31. The first-order valence-corrected chi connectivity index (χ1v) is 16.2. The topological polar surface area (TPSA) is 53.0 Å². The first-order valence-electron chi connectivity index (χ1n) is 16.2. The van der Waals surface area contributed by atoms with Gasteiger partial charge in [-0.3, -0.25) is 4.79 Å². The standard InChI is InChI=1S/C36H52N2O3/c1-28(2)25-38(34(39)16-9-5-8-13-29-11-6-4-7-12-29)32-19-20-36(40)27-37(26-30-17-18-30)22-21-35(36,24-32)31-14-10-15-33(23-31)41-3/h4,6-7,10-12,14-15,23,28,30,32,40H,5,8-9,13,16-22,24-27H2,1-3H3. The predicted molar refractivity (Wildman–Crippen MR) is 166 cm³/mol. The maximum absolute atomic E-state index is 13.8. The van der Waals surface area contributed by atoms with Crippen LogP contribution in [-0.4, -0.2) is 65.7 Å². The summed E-state index contributed by atoms with van der Waals surface area (Å²) in [5, 5.41) is 12.5. The molecular weight excluding hydrogens is 508 g/mol. The Morgan fingerprint density at radius 3 is 2.59 bits per heavy atom. The van der Waals surface area contributed by atoms with Crippen LogP contribution in [0.15, 0.2) is 54.6 Å². The fourth-order valence-electron chi connectivity index (χ4n) is 7.66. The molecule has 2 saturated carbocycles. The molecular formula is C36H52N2O3. The number of unbranched alkanes of at least 4 members (excludes halogenated alkanes) is 2. The number of amides is 1. The van der Waals surface area contributed by atoms with Gasteiger partial charge in [-0.05, 0) is 99.4 Å². The van der Waals surface area contributed by atoms with Crippen LogP contribution in [0.2, 0.25) is 0 Å². The van der Waals surface area contributed by atoms with Crippen molar-refractivity contribution in [1.82, 2.24) is 9.80 Å². The highest BCUT2D eigenvalue weighted by Crippen LogP contribution is 2.53. The average molecular weight is 561 g/mol. The lowest BCUT2D eigenvalue weighted by Gasteiger charge is -2.59. The van der Waals surface area contributed by atoms with E-state index in [-0.39, 0.29) is 11.5 Å². The summed E-state index contributed by atoms with van der Waals surface area (Å²) in [6, 6.07) is 19.2. The van der Waals surface area contributed by atoms with Gasteiger partial charge in [0.05, 0.1) is 12.7 Å². The Morgan fingerprint density at radius 1 is 1.05 bits per heavy atom. The monoisotopic (exact) mass is 560 g/mol. The van der Waals surface area contributed by atoms with Crippen molar-refractivity contribution in [2.75, 3.05) is 33.3 Å². The third-order valence-electron chi connectivity index (χ3n) is 10.1. The molecule has 2 aromatic carbocycles. The summed E-state index contributed by atoms with van der Waals surface area (Å²) in [5.41, 5.74) is 1.37. The molecule has 224 valence electrons. The van der Waals surface area contributed by atoms with Crippen molar-refractivity contribution in [2.24, 2.45) is 11.8 Å². The van der Waals surface area contributed by atoms with Crippen LogP contribution in [-0.2, 0) is 16.6 Å². The molecule has 1 aliphatic heterocycles. The molecule has 2 aliphatic carbocycles. The molecule has 1 amide bonds. The average Bonchev–Trinajstić information content (AvgIpc) is 3.79. The van der Waals surface area contributed by atoms with Gasteiger partial charge in [0.15, 0.2) is 0 Å². The fraction of sp³-hybridized carbons (Fsp3) is 0.639. The van der Waals surface area contributed by atoms with Crippen molar-refractivity contribution >= 4 is 5.91 Å². The van der Waals surface area contributed by atoms with Gasteiger partial charge in [-0.1, -0.05) is 62.7 Å². The number of ether oxygens (including phenoxy) is 1. The van der Waals surface area contributed by atoms with Gasteiger partial charge in [0.1, 0.15) is 5.75 Å². The van der Waals surface area contributed by atoms with E-state index in [1.807, 2.05) is 6.07 Å². The van der Waals surface area contributed by atoms with Crippen LogP contribution < -0.4 is 4.74 Å². The number of carbonyl (C=O) groups excluding carboxylic acids is 1. The lowest BCUT2D eigenvalue weighted by Crippen LogP contribution is -2.67. The zero-order chi connectivity index (χ0) is 28.9. The number of methoxy groups -OCH3 is 1. The van der Waals surface area contributed by atoms with Crippen LogP contribution in [0, 0.1) is 11.8 Å². The van der Waals surface area contributed by atoms with Crippen LogP contribution in [0.3, 0.4) is 0 Å². The molecule has 3 fully saturated rings. The summed E-state index contributed by atoms with van der Waals surface area (Å²) in [6.45, 7) is 8.06. The van der Waals surface area contributed by atoms with E-state index in [0.717, 1.165) is 89.2 Å². The number of β-amino-alcohol motifs (C(OH)–C–C–N with tert-alkyl or cyclic N) is 1. The molecule has 1 heterocycles. The summed E-state index contributed by atoms with van der Waals surface area (Å²) >= 11 is 0. The highest BCUT2D eigenvalue weighted by atomic mass is 16.5. The van der Waals surface area contributed by atoms with Gasteiger partial charge in [0, 0.05) is 37.5 Å². The van der Waals surface area contributed by atoms with E-state index in [1.165, 1.54) is 24.0 Å². The summed E-state index contributed by atoms with van der Waals surface area (Å²) in [7, 11) is 1.72. The van der Waals surface area contributed by atoms with Crippen molar-refractivity contribution in [3.8, 4) is 5.75 Å². The molecule has 1 N–H and O–H groups in total. The minimum absolute atomic E-state index is 0.149. The lowest BCUT2D eigenvalue weighted by molar-refractivity contribution is -0.150. The molecule has 2 aromatic rings. The molecule has 0 radical (unpaired) electrons. The maximum atomic E-state index is 13.8. The van der Waals surface area contributed by atoms with E-state index in [1.54, 1.807) is 7.11 Å². The van der Waals surface area contributed by atoms with Crippen molar-refractivity contribution in [3.63, 3.8) is 0 Å². The number of aryl methyl sites for hydroxylation is 1. The van der Waals surface area contributed by atoms with Gasteiger partial charge < -0.3 is 19.6 Å². The second-order valence-electron chi connectivity index (χ2n) is 13.7. The van der Waals surface area contributed by atoms with Crippen molar-refractivity contribution in [1.29, 1.82) is 0 Å². The van der Waals surface area contributed by atoms with E-state index < -0.39 is 5.60 Å². The molecule has 3 atom stereocenters. The Labute approximate surface area is 248 Å². The molecule has 41 heavy (non-hydrogen) atoms. The molecule has 5 heteroatoms. The maximum Gasteiger partial charge on any atom is 0.222 e. The third-order valence-corrected chi connectivity index (χ3v) is 10.1. The number of piperidine rings is 1. The van der Waals surface area contributed by atoms with Crippen LogP contribution in [0.4, 0.5) is 0 Å². The van der Waals surface area contributed by atoms with E-state index in [2.05, 4.69) is 72.2 Å². The first kappa shape index (κ1) is 30.1. The summed E-state index contributed by atoms with van der Waals surface area (Å²) in [5.74, 6) is 2.35. The van der Waals surface area contributed by atoms with E-state index >= 15 is 0 Å². The lowest BCUT2D eigenvalue weighted by atomic mass is 9.55. The summed E-state index contributed by atoms with van der Waals surface area (Å²) in [6.07, 6.45) is 10.8. The number of fused-ring (bicyclic) bond motifs is 1. The molecule has 3 aliphatic rings. The van der Waals surface area contributed by atoms with Crippen molar-refractivity contribution in [3.05, 3.63) is 65.7 Å². The Kier molecular flexibility index (Phi) is 9.76. The minimum Gasteiger partial charge on any atom is -0.497 e. The molecule has 5 rings (SSSR count). The second kappa shape index (κ2) is 13.3. The number of likely N-dealkylation sites (tertiary alicyclic amines) is 1. The fourth-order valence-corrected chi connectivity index (χ4v) is 7.66. The van der Waals surface area contributed by atoms with Crippen LogP contribution in [0.5, 0.6) is 5.75 Å². The molecule has 3 unspecified atom stereocenters. The first-order chi connectivity index (χ1) is 19.8. The number of rotatable bonds is 13. The van der Waals surface area contributed by atoms with Gasteiger partial charge >= 0.3 is 0 Å². The Hall–Kier alpha value is -2.37. The molecule has 0 aromatic heterocycles. The smallest absolute Gasteiger partial charge is 0.222 e. The Bertz CT molecular complexity index is 1130. The van der Waals surface area contributed by atoms with E-state index in [4.69, 9.17) is 4.74 Å². The van der Waals surface area contributed by atoms with Crippen molar-refractivity contribution in [2.45, 2.75) is 102 Å². The molecule has 0 bridgehead atoms. The second-order valence-corrected chi connectivity index (χ2v) is 13.7. The predicted octanol–water partition coefficient (Wildman–Crippen LogP) is 6.62. The number of aliphatic hydroxyl groups is 1. The van der Waals surface area contributed by atoms with Gasteiger partial charge in [-0.15, -0.1) is 0 Å². The van der Waals surface area contributed by atoms with Crippen LogP contribution in [0.25, 0.3) is 0 Å². The molecule has 1 saturated heterocycles. The minimum atomic E-state index is -0.799. The van der Waals surface area contributed by atoms with Crippen LogP contribution >= 0.6 is 0 Å². The van der Waals surface area contributed by atoms with Gasteiger partial charge in [-0.2, -0.15) is 0 Å². The molecule has 5 nitrogen and oxygen atoms in total. The number of hydrogen-bond donors (Lipinski definition) is 1. The van der Waals surface area contributed by atoms with Gasteiger partial charge in [0.25, 0.3) is 0 Å². The van der Waals surface area contributed by atoms with Gasteiger partial charge in [0.2, 0.25) is 5.91 Å². The van der Waals surface area contributed by atoms with E-state index in [0.29, 0.717) is 18.2 Å². The van der Waals surface area contributed by atoms with Crippen molar-refractivity contribution < 1.29 is 14.6 Å². The number of carbonyl (C=O) groups is 1.